The number of aliphatic imine (C=N–C) groups is 1. The summed E-state index contributed by atoms with van der Waals surface area (Å²) in [5.41, 5.74) is 0.734. The van der Waals surface area contributed by atoms with Crippen LogP contribution < -0.4 is 0 Å². The van der Waals surface area contributed by atoms with Gasteiger partial charge >= 0.3 is 5.97 Å². The third-order valence-electron chi connectivity index (χ3n) is 3.85. The average Bonchev–Trinajstić information content (AvgIpc) is 2.97. The van der Waals surface area contributed by atoms with Crippen molar-refractivity contribution in [3.63, 3.8) is 0 Å². The number of benzene rings is 1. The van der Waals surface area contributed by atoms with E-state index in [-0.39, 0.29) is 29.3 Å². The van der Waals surface area contributed by atoms with Crippen molar-refractivity contribution in [2.45, 2.75) is 38.3 Å². The van der Waals surface area contributed by atoms with Crippen LogP contribution in [0.3, 0.4) is 0 Å². The lowest BCUT2D eigenvalue weighted by atomic mass is 10.1. The SMILES string of the molecule is CCC1=NC2C(=O)N(C(C(=O)OCc3ccccc3)=C(C)O)C2S1. The smallest absolute Gasteiger partial charge is 0.358 e. The van der Waals surface area contributed by atoms with E-state index < -0.39 is 12.0 Å². The van der Waals surface area contributed by atoms with E-state index in [2.05, 4.69) is 4.99 Å². The van der Waals surface area contributed by atoms with Crippen LogP contribution in [0, 0.1) is 0 Å². The van der Waals surface area contributed by atoms with Crippen molar-refractivity contribution in [3.8, 4) is 0 Å². The summed E-state index contributed by atoms with van der Waals surface area (Å²) in [5, 5.41) is 10.5. The lowest BCUT2D eigenvalue weighted by Gasteiger charge is -2.41. The Labute approximate surface area is 144 Å². The molecule has 126 valence electrons. The first-order chi connectivity index (χ1) is 11.5. The Kier molecular flexibility index (Phi) is 4.62. The van der Waals surface area contributed by atoms with E-state index in [4.69, 9.17) is 4.74 Å². The topological polar surface area (TPSA) is 79.2 Å². The Balaban J connectivity index is 1.71. The van der Waals surface area contributed by atoms with Gasteiger partial charge in [0.25, 0.3) is 5.91 Å². The molecule has 1 aromatic rings. The number of hydrogen-bond acceptors (Lipinski definition) is 6. The summed E-state index contributed by atoms with van der Waals surface area (Å²) in [4.78, 5) is 30.3. The fourth-order valence-corrected chi connectivity index (χ4v) is 3.87. The summed E-state index contributed by atoms with van der Waals surface area (Å²) in [6.07, 6.45) is 0.744. The van der Waals surface area contributed by atoms with E-state index in [0.29, 0.717) is 0 Å². The maximum Gasteiger partial charge on any atom is 0.358 e. The monoisotopic (exact) mass is 346 g/mol. The number of hydrogen-bond donors (Lipinski definition) is 1. The molecule has 0 bridgehead atoms. The van der Waals surface area contributed by atoms with E-state index in [1.54, 1.807) is 0 Å². The Morgan fingerprint density at radius 3 is 2.71 bits per heavy atom. The minimum absolute atomic E-state index is 0.0798. The molecule has 1 amide bonds. The molecule has 2 heterocycles. The van der Waals surface area contributed by atoms with E-state index in [0.717, 1.165) is 17.0 Å². The maximum atomic E-state index is 12.4. The summed E-state index contributed by atoms with van der Waals surface area (Å²) < 4.78 is 5.26. The molecule has 0 saturated carbocycles. The number of fused-ring (bicyclic) bond motifs is 1. The van der Waals surface area contributed by atoms with Gasteiger partial charge in [-0.3, -0.25) is 14.7 Å². The Morgan fingerprint density at radius 1 is 1.38 bits per heavy atom. The first-order valence-corrected chi connectivity index (χ1v) is 8.58. The highest BCUT2D eigenvalue weighted by atomic mass is 32.2. The number of β-lactam (4-membered cyclic amide) rings is 1. The molecule has 1 N–H and O–H groups in total. The van der Waals surface area contributed by atoms with E-state index in [1.807, 2.05) is 37.3 Å². The van der Waals surface area contributed by atoms with Gasteiger partial charge in [-0.2, -0.15) is 0 Å². The lowest BCUT2D eigenvalue weighted by Crippen LogP contribution is -2.61. The van der Waals surface area contributed by atoms with Crippen LogP contribution in [0.25, 0.3) is 0 Å². The van der Waals surface area contributed by atoms with Crippen molar-refractivity contribution >= 4 is 28.7 Å². The van der Waals surface area contributed by atoms with Crippen molar-refractivity contribution in [3.05, 3.63) is 47.4 Å². The van der Waals surface area contributed by atoms with Gasteiger partial charge in [-0.15, -0.1) is 0 Å². The van der Waals surface area contributed by atoms with Crippen molar-refractivity contribution in [2.24, 2.45) is 4.99 Å². The summed E-state index contributed by atoms with van der Waals surface area (Å²) in [6, 6.07) is 8.78. The quantitative estimate of drug-likeness (QED) is 0.384. The molecule has 2 aliphatic rings. The van der Waals surface area contributed by atoms with Crippen LogP contribution in [0.4, 0.5) is 0 Å². The van der Waals surface area contributed by atoms with Crippen molar-refractivity contribution in [1.82, 2.24) is 4.90 Å². The van der Waals surface area contributed by atoms with Crippen LogP contribution in [0.15, 0.2) is 46.8 Å². The van der Waals surface area contributed by atoms with Crippen LogP contribution in [0.1, 0.15) is 25.8 Å². The fourth-order valence-electron chi connectivity index (χ4n) is 2.63. The molecule has 24 heavy (non-hydrogen) atoms. The molecule has 2 aliphatic heterocycles. The number of carbonyl (C=O) groups excluding carboxylic acids is 2. The maximum absolute atomic E-state index is 12.4. The molecule has 2 atom stereocenters. The molecule has 0 aliphatic carbocycles. The number of aliphatic hydroxyl groups excluding tert-OH is 1. The molecule has 0 radical (unpaired) electrons. The highest BCUT2D eigenvalue weighted by Gasteiger charge is 2.55. The number of aliphatic hydroxyl groups is 1. The minimum atomic E-state index is -0.712. The average molecular weight is 346 g/mol. The van der Waals surface area contributed by atoms with E-state index >= 15 is 0 Å². The molecule has 3 rings (SSSR count). The van der Waals surface area contributed by atoms with Gasteiger partial charge in [-0.05, 0) is 18.9 Å². The standard InChI is InChI=1S/C17H18N2O4S/c1-3-12-18-13-15(21)19(16(13)24-12)14(10(2)20)17(22)23-9-11-7-5-4-6-8-11/h4-8,13,16,20H,3,9H2,1-2H3. The predicted molar refractivity (Wildman–Crippen MR) is 91.3 cm³/mol. The molecule has 6 nitrogen and oxygen atoms in total. The number of thioether (sulfide) groups is 1. The van der Waals surface area contributed by atoms with Crippen molar-refractivity contribution < 1.29 is 19.4 Å². The third-order valence-corrected chi connectivity index (χ3v) is 5.22. The van der Waals surface area contributed by atoms with E-state index in [9.17, 15) is 14.7 Å². The Hall–Kier alpha value is -2.28. The van der Waals surface area contributed by atoms with Gasteiger partial charge in [-0.1, -0.05) is 49.0 Å². The molecular weight excluding hydrogens is 328 g/mol. The predicted octanol–water partition coefficient (Wildman–Crippen LogP) is 2.61. The first-order valence-electron chi connectivity index (χ1n) is 7.70. The largest absolute Gasteiger partial charge is 0.510 e. The number of likely N-dealkylation sites (tertiary alicyclic amines) is 1. The van der Waals surface area contributed by atoms with Crippen molar-refractivity contribution in [2.75, 3.05) is 0 Å². The molecule has 0 aromatic heterocycles. The number of nitrogens with zero attached hydrogens (tertiary/aromatic N) is 2. The summed E-state index contributed by atoms with van der Waals surface area (Å²) >= 11 is 1.45. The van der Waals surface area contributed by atoms with Crippen LogP contribution in [-0.4, -0.2) is 38.3 Å². The second-order valence-corrected chi connectivity index (χ2v) is 6.72. The summed E-state index contributed by atoms with van der Waals surface area (Å²) in [5.74, 6) is -1.22. The van der Waals surface area contributed by atoms with E-state index in [1.165, 1.54) is 23.6 Å². The molecule has 1 saturated heterocycles. The van der Waals surface area contributed by atoms with Gasteiger partial charge in [0.05, 0.1) is 5.04 Å². The molecule has 1 aromatic carbocycles. The molecular formula is C17H18N2O4S. The third kappa shape index (κ3) is 2.91. The normalized spacial score (nSPS) is 23.2. The number of ether oxygens (including phenoxy) is 1. The number of amides is 1. The molecule has 0 spiro atoms. The van der Waals surface area contributed by atoms with Gasteiger partial charge < -0.3 is 9.84 Å². The molecule has 2 unspecified atom stereocenters. The Morgan fingerprint density at radius 2 is 2.08 bits per heavy atom. The molecule has 1 fully saturated rings. The van der Waals surface area contributed by atoms with Crippen molar-refractivity contribution in [1.29, 1.82) is 0 Å². The minimum Gasteiger partial charge on any atom is -0.510 e. The molecule has 7 heteroatoms. The summed E-state index contributed by atoms with van der Waals surface area (Å²) in [6.45, 7) is 3.42. The highest BCUT2D eigenvalue weighted by Crippen LogP contribution is 2.42. The van der Waals surface area contributed by atoms with Gasteiger partial charge in [0.2, 0.25) is 0 Å². The number of rotatable bonds is 5. The van der Waals surface area contributed by atoms with Gasteiger partial charge in [0.1, 0.15) is 17.7 Å². The zero-order valence-electron chi connectivity index (χ0n) is 13.4. The fraction of sp³-hybridized carbons (Fsp3) is 0.353. The number of allylic oxidation sites excluding steroid dienone is 1. The number of carbonyl (C=O) groups is 2. The van der Waals surface area contributed by atoms with Gasteiger partial charge in [0, 0.05) is 0 Å². The van der Waals surface area contributed by atoms with Crippen LogP contribution in [0.2, 0.25) is 0 Å². The zero-order valence-corrected chi connectivity index (χ0v) is 14.2. The van der Waals surface area contributed by atoms with Crippen LogP contribution in [-0.2, 0) is 20.9 Å². The first kappa shape index (κ1) is 16.6. The second-order valence-electron chi connectivity index (χ2n) is 5.53. The zero-order chi connectivity index (χ0) is 17.3. The lowest BCUT2D eigenvalue weighted by molar-refractivity contribution is -0.151. The van der Waals surface area contributed by atoms with Crippen LogP contribution in [0.5, 0.6) is 0 Å². The van der Waals surface area contributed by atoms with Crippen LogP contribution >= 0.6 is 11.8 Å². The summed E-state index contributed by atoms with van der Waals surface area (Å²) in [7, 11) is 0. The van der Waals surface area contributed by atoms with Gasteiger partial charge in [0.15, 0.2) is 11.7 Å². The highest BCUT2D eigenvalue weighted by molar-refractivity contribution is 8.14. The van der Waals surface area contributed by atoms with Gasteiger partial charge in [-0.25, -0.2) is 4.79 Å². The number of esters is 1. The Bertz CT molecular complexity index is 725. The second kappa shape index (κ2) is 6.68.